The van der Waals surface area contributed by atoms with Gasteiger partial charge in [-0.25, -0.2) is 9.97 Å². The molecule has 0 spiro atoms. The first-order valence-electron chi connectivity index (χ1n) is 3.03. The van der Waals surface area contributed by atoms with Gasteiger partial charge in [0.05, 0.1) is 0 Å². The number of halogens is 1. The summed E-state index contributed by atoms with van der Waals surface area (Å²) in [5.74, 6) is 0.394. The van der Waals surface area contributed by atoms with Crippen molar-refractivity contribution in [1.29, 1.82) is 0 Å². The molecule has 0 radical (unpaired) electrons. The molecule has 0 aromatic carbocycles. The van der Waals surface area contributed by atoms with Crippen molar-refractivity contribution in [1.82, 2.24) is 9.97 Å². The maximum atomic E-state index is 5.34. The van der Waals surface area contributed by atoms with Gasteiger partial charge in [0.25, 0.3) is 0 Å². The van der Waals surface area contributed by atoms with Crippen LogP contribution in [0.2, 0.25) is 5.28 Å². The Bertz CT molecular complexity index is 173. The quantitative estimate of drug-likeness (QED) is 0.587. The van der Waals surface area contributed by atoms with Crippen molar-refractivity contribution in [3.63, 3.8) is 0 Å². The third-order valence-corrected chi connectivity index (χ3v) is 0.830. The molecule has 2 N–H and O–H groups in total. The lowest BCUT2D eigenvalue weighted by Gasteiger charge is -1.87. The first kappa shape index (κ1) is 9.17. The van der Waals surface area contributed by atoms with E-state index in [1.165, 1.54) is 6.20 Å². The summed E-state index contributed by atoms with van der Waals surface area (Å²) in [6.07, 6.45) is 1.50. The van der Waals surface area contributed by atoms with Crippen molar-refractivity contribution >= 4 is 17.4 Å². The lowest BCUT2D eigenvalue weighted by molar-refractivity contribution is 1.18. The number of hydrogen-bond acceptors (Lipinski definition) is 3. The van der Waals surface area contributed by atoms with Gasteiger partial charge in [0.1, 0.15) is 5.82 Å². The highest BCUT2D eigenvalue weighted by atomic mass is 35.5. The molecular weight excluding hydrogens is 150 g/mol. The molecule has 0 aliphatic carbocycles. The van der Waals surface area contributed by atoms with Crippen LogP contribution in [0.5, 0.6) is 0 Å². The highest BCUT2D eigenvalue weighted by Crippen LogP contribution is 1.99. The van der Waals surface area contributed by atoms with E-state index in [1.807, 2.05) is 13.8 Å². The molecule has 1 aromatic rings. The van der Waals surface area contributed by atoms with Crippen LogP contribution in [-0.2, 0) is 0 Å². The van der Waals surface area contributed by atoms with Gasteiger partial charge in [0, 0.05) is 6.20 Å². The molecule has 10 heavy (non-hydrogen) atoms. The largest absolute Gasteiger partial charge is 0.384 e. The van der Waals surface area contributed by atoms with Gasteiger partial charge in [-0.05, 0) is 17.7 Å². The van der Waals surface area contributed by atoms with Crippen molar-refractivity contribution in [2.45, 2.75) is 13.8 Å². The second-order valence-electron chi connectivity index (χ2n) is 1.25. The van der Waals surface area contributed by atoms with Gasteiger partial charge < -0.3 is 5.73 Å². The van der Waals surface area contributed by atoms with Crippen LogP contribution >= 0.6 is 11.6 Å². The molecule has 0 saturated heterocycles. The highest BCUT2D eigenvalue weighted by Gasteiger charge is 1.86. The third kappa shape index (κ3) is 3.25. The van der Waals surface area contributed by atoms with E-state index in [2.05, 4.69) is 9.97 Å². The molecule has 56 valence electrons. The maximum absolute atomic E-state index is 5.34. The molecule has 3 nitrogen and oxygen atoms in total. The second-order valence-corrected chi connectivity index (χ2v) is 1.59. The number of nitrogen functional groups attached to an aromatic ring is 1. The molecule has 1 heterocycles. The zero-order valence-electron chi connectivity index (χ0n) is 6.00. The minimum atomic E-state index is 0.185. The molecular formula is C6H10ClN3. The number of nitrogens with two attached hydrogens (primary N) is 1. The van der Waals surface area contributed by atoms with Crippen LogP contribution in [0, 0.1) is 0 Å². The molecule has 0 fully saturated rings. The molecule has 1 rings (SSSR count). The van der Waals surface area contributed by atoms with E-state index in [9.17, 15) is 0 Å². The Balaban J connectivity index is 0.000000371. The topological polar surface area (TPSA) is 51.8 Å². The van der Waals surface area contributed by atoms with Gasteiger partial charge in [-0.15, -0.1) is 0 Å². The predicted molar refractivity (Wildman–Crippen MR) is 42.8 cm³/mol. The van der Waals surface area contributed by atoms with Crippen LogP contribution in [0.4, 0.5) is 5.82 Å². The van der Waals surface area contributed by atoms with Crippen LogP contribution in [0.3, 0.4) is 0 Å². The predicted octanol–water partition coefficient (Wildman–Crippen LogP) is 1.74. The van der Waals surface area contributed by atoms with E-state index >= 15 is 0 Å². The number of anilines is 1. The summed E-state index contributed by atoms with van der Waals surface area (Å²) in [6, 6.07) is 1.58. The first-order valence-corrected chi connectivity index (χ1v) is 3.41. The number of nitrogens with zero attached hydrogens (tertiary/aromatic N) is 2. The Hall–Kier alpha value is -0.830. The van der Waals surface area contributed by atoms with Gasteiger partial charge in [-0.1, -0.05) is 13.8 Å². The molecule has 0 aliphatic heterocycles. The van der Waals surface area contributed by atoms with Crippen LogP contribution in [0.1, 0.15) is 13.8 Å². The SMILES string of the molecule is CC.Nc1ccnc(Cl)n1. The van der Waals surface area contributed by atoms with E-state index < -0.39 is 0 Å². The van der Waals surface area contributed by atoms with E-state index in [0.29, 0.717) is 5.82 Å². The maximum Gasteiger partial charge on any atom is 0.224 e. The molecule has 0 saturated carbocycles. The van der Waals surface area contributed by atoms with Crippen molar-refractivity contribution in [3.8, 4) is 0 Å². The van der Waals surface area contributed by atoms with Crippen LogP contribution < -0.4 is 5.73 Å². The van der Waals surface area contributed by atoms with E-state index in [-0.39, 0.29) is 5.28 Å². The Kier molecular flexibility index (Phi) is 4.58. The summed E-state index contributed by atoms with van der Waals surface area (Å²) < 4.78 is 0. The number of rotatable bonds is 0. The molecule has 0 aliphatic rings. The fourth-order valence-corrected chi connectivity index (χ4v) is 0.502. The summed E-state index contributed by atoms with van der Waals surface area (Å²) in [5.41, 5.74) is 5.22. The van der Waals surface area contributed by atoms with Gasteiger partial charge in [-0.2, -0.15) is 0 Å². The van der Waals surface area contributed by atoms with Gasteiger partial charge in [0.15, 0.2) is 0 Å². The normalized spacial score (nSPS) is 7.90. The van der Waals surface area contributed by atoms with Crippen molar-refractivity contribution in [3.05, 3.63) is 17.5 Å². The van der Waals surface area contributed by atoms with Gasteiger partial charge in [-0.3, -0.25) is 0 Å². The molecule has 0 bridgehead atoms. The minimum absolute atomic E-state index is 0.185. The second kappa shape index (κ2) is 4.99. The summed E-state index contributed by atoms with van der Waals surface area (Å²) in [4.78, 5) is 7.22. The van der Waals surface area contributed by atoms with E-state index in [4.69, 9.17) is 17.3 Å². The first-order chi connectivity index (χ1) is 4.79. The van der Waals surface area contributed by atoms with Crippen LogP contribution in [-0.4, -0.2) is 9.97 Å². The smallest absolute Gasteiger partial charge is 0.224 e. The lowest BCUT2D eigenvalue weighted by Crippen LogP contribution is -1.89. The minimum Gasteiger partial charge on any atom is -0.384 e. The monoisotopic (exact) mass is 159 g/mol. The van der Waals surface area contributed by atoms with Crippen molar-refractivity contribution < 1.29 is 0 Å². The molecule has 0 atom stereocenters. The molecule has 1 aromatic heterocycles. The summed E-state index contributed by atoms with van der Waals surface area (Å²) in [5, 5.41) is 0.185. The lowest BCUT2D eigenvalue weighted by atomic mass is 10.6. The van der Waals surface area contributed by atoms with Crippen molar-refractivity contribution in [2.75, 3.05) is 5.73 Å². The van der Waals surface area contributed by atoms with E-state index in [0.717, 1.165) is 0 Å². The number of aromatic nitrogens is 2. The third-order valence-electron chi connectivity index (χ3n) is 0.648. The molecule has 0 unspecified atom stereocenters. The fourth-order valence-electron chi connectivity index (χ4n) is 0.348. The average Bonchev–Trinajstić information content (AvgIpc) is 1.91. The summed E-state index contributed by atoms with van der Waals surface area (Å²) in [7, 11) is 0. The van der Waals surface area contributed by atoms with Crippen molar-refractivity contribution in [2.24, 2.45) is 0 Å². The molecule has 0 amide bonds. The standard InChI is InChI=1S/C4H4ClN3.C2H6/c5-4-7-2-1-3(6)8-4;1-2/h1-2H,(H2,6,7,8);1-2H3. The zero-order chi connectivity index (χ0) is 7.98. The van der Waals surface area contributed by atoms with Gasteiger partial charge in [0.2, 0.25) is 5.28 Å². The average molecular weight is 160 g/mol. The van der Waals surface area contributed by atoms with Crippen LogP contribution in [0.25, 0.3) is 0 Å². The fraction of sp³-hybridized carbons (Fsp3) is 0.333. The highest BCUT2D eigenvalue weighted by molar-refractivity contribution is 6.28. The number of hydrogen-bond donors (Lipinski definition) is 1. The Morgan fingerprint density at radius 2 is 2.10 bits per heavy atom. The Labute approximate surface area is 65.2 Å². The Morgan fingerprint density at radius 1 is 1.50 bits per heavy atom. The van der Waals surface area contributed by atoms with Crippen LogP contribution in [0.15, 0.2) is 12.3 Å². The molecule has 4 heteroatoms. The Morgan fingerprint density at radius 3 is 2.40 bits per heavy atom. The zero-order valence-corrected chi connectivity index (χ0v) is 6.76. The summed E-state index contributed by atoms with van der Waals surface area (Å²) in [6.45, 7) is 4.00. The summed E-state index contributed by atoms with van der Waals surface area (Å²) >= 11 is 5.34. The van der Waals surface area contributed by atoms with E-state index in [1.54, 1.807) is 6.07 Å². The van der Waals surface area contributed by atoms with Gasteiger partial charge >= 0.3 is 0 Å².